The Bertz CT molecular complexity index is 1230. The summed E-state index contributed by atoms with van der Waals surface area (Å²) in [5.41, 5.74) is 5.14. The van der Waals surface area contributed by atoms with Gasteiger partial charge in [-0.25, -0.2) is 0 Å². The van der Waals surface area contributed by atoms with Gasteiger partial charge in [-0.3, -0.25) is 4.99 Å². The molecule has 0 saturated heterocycles. The summed E-state index contributed by atoms with van der Waals surface area (Å²) in [6, 6.07) is 28.2. The SMILES string of the molecule is CN(C)c1ccc(C=NC(c2ccc(N(C)C)cc2)c2c(O)ccc3ccccc23)cc1. The fraction of sp³-hybridized carbons (Fsp3) is 0.179. The second kappa shape index (κ2) is 9.15. The molecule has 0 radical (unpaired) electrons. The minimum atomic E-state index is -0.328. The summed E-state index contributed by atoms with van der Waals surface area (Å²) in [4.78, 5) is 9.13. The Labute approximate surface area is 190 Å². The summed E-state index contributed by atoms with van der Waals surface area (Å²) in [5, 5.41) is 13.0. The van der Waals surface area contributed by atoms with Gasteiger partial charge in [0.1, 0.15) is 11.8 Å². The van der Waals surface area contributed by atoms with Gasteiger partial charge >= 0.3 is 0 Å². The first-order valence-electron chi connectivity index (χ1n) is 10.7. The van der Waals surface area contributed by atoms with E-state index >= 15 is 0 Å². The molecule has 32 heavy (non-hydrogen) atoms. The van der Waals surface area contributed by atoms with E-state index in [0.29, 0.717) is 0 Å². The first-order valence-corrected chi connectivity index (χ1v) is 10.7. The number of nitrogens with zero attached hydrogens (tertiary/aromatic N) is 3. The van der Waals surface area contributed by atoms with Gasteiger partial charge in [-0.2, -0.15) is 0 Å². The standard InChI is InChI=1S/C28H29N3O/c1-30(2)23-14-9-20(10-15-23)19-29-28(22-11-16-24(17-12-22)31(3)4)27-25-8-6-5-7-21(25)13-18-26(27)32/h5-19,28,32H,1-4H3. The Morgan fingerprint density at radius 1 is 0.719 bits per heavy atom. The summed E-state index contributed by atoms with van der Waals surface area (Å²) in [6.07, 6.45) is 1.89. The highest BCUT2D eigenvalue weighted by Gasteiger charge is 2.19. The maximum Gasteiger partial charge on any atom is 0.121 e. The van der Waals surface area contributed by atoms with E-state index in [9.17, 15) is 5.11 Å². The lowest BCUT2D eigenvalue weighted by Crippen LogP contribution is -2.09. The molecule has 0 amide bonds. The van der Waals surface area contributed by atoms with E-state index in [1.165, 1.54) is 0 Å². The van der Waals surface area contributed by atoms with Crippen LogP contribution in [0.1, 0.15) is 22.7 Å². The molecule has 0 heterocycles. The third kappa shape index (κ3) is 4.45. The van der Waals surface area contributed by atoms with Crippen LogP contribution in [-0.2, 0) is 0 Å². The van der Waals surface area contributed by atoms with E-state index in [2.05, 4.69) is 64.4 Å². The van der Waals surface area contributed by atoms with Crippen molar-refractivity contribution in [3.8, 4) is 5.75 Å². The van der Waals surface area contributed by atoms with Crippen molar-refractivity contribution in [1.29, 1.82) is 0 Å². The maximum absolute atomic E-state index is 10.9. The normalized spacial score (nSPS) is 12.2. The Balaban J connectivity index is 1.81. The van der Waals surface area contributed by atoms with Crippen molar-refractivity contribution in [3.63, 3.8) is 0 Å². The monoisotopic (exact) mass is 423 g/mol. The van der Waals surface area contributed by atoms with Crippen molar-refractivity contribution in [2.75, 3.05) is 38.0 Å². The van der Waals surface area contributed by atoms with E-state index in [4.69, 9.17) is 4.99 Å². The summed E-state index contributed by atoms with van der Waals surface area (Å²) in [6.45, 7) is 0. The predicted octanol–water partition coefficient (Wildman–Crippen LogP) is 5.89. The molecule has 0 fully saturated rings. The lowest BCUT2D eigenvalue weighted by atomic mass is 9.93. The molecule has 0 saturated carbocycles. The van der Waals surface area contributed by atoms with Crippen LogP contribution >= 0.6 is 0 Å². The number of anilines is 2. The lowest BCUT2D eigenvalue weighted by molar-refractivity contribution is 0.467. The minimum absolute atomic E-state index is 0.255. The highest BCUT2D eigenvalue weighted by Crippen LogP contribution is 2.38. The van der Waals surface area contributed by atoms with Crippen molar-refractivity contribution >= 4 is 28.4 Å². The van der Waals surface area contributed by atoms with Gasteiger partial charge in [0, 0.05) is 51.3 Å². The van der Waals surface area contributed by atoms with Crippen LogP contribution in [0.4, 0.5) is 11.4 Å². The molecule has 4 aromatic rings. The van der Waals surface area contributed by atoms with E-state index in [-0.39, 0.29) is 11.8 Å². The summed E-state index contributed by atoms with van der Waals surface area (Å²) in [5.74, 6) is 0.255. The summed E-state index contributed by atoms with van der Waals surface area (Å²) < 4.78 is 0. The second-order valence-corrected chi connectivity index (χ2v) is 8.37. The molecule has 1 unspecified atom stereocenters. The van der Waals surface area contributed by atoms with Gasteiger partial charge in [0.05, 0.1) is 0 Å². The molecule has 0 aliphatic rings. The number of fused-ring (bicyclic) bond motifs is 1. The highest BCUT2D eigenvalue weighted by atomic mass is 16.3. The van der Waals surface area contributed by atoms with Gasteiger partial charge < -0.3 is 14.9 Å². The number of aromatic hydroxyl groups is 1. The average Bonchev–Trinajstić information content (AvgIpc) is 2.81. The Morgan fingerprint density at radius 2 is 1.31 bits per heavy atom. The third-order valence-corrected chi connectivity index (χ3v) is 5.73. The number of phenolic OH excluding ortho intramolecular Hbond substituents is 1. The molecular weight excluding hydrogens is 394 g/mol. The van der Waals surface area contributed by atoms with Gasteiger partial charge in [-0.1, -0.05) is 54.6 Å². The van der Waals surface area contributed by atoms with Gasteiger partial charge in [0.15, 0.2) is 0 Å². The van der Waals surface area contributed by atoms with Crippen molar-refractivity contribution in [1.82, 2.24) is 0 Å². The number of hydrogen-bond donors (Lipinski definition) is 1. The first kappa shape index (κ1) is 21.4. The Kier molecular flexibility index (Phi) is 6.13. The minimum Gasteiger partial charge on any atom is -0.508 e. The van der Waals surface area contributed by atoms with Crippen molar-refractivity contribution in [2.45, 2.75) is 6.04 Å². The predicted molar refractivity (Wildman–Crippen MR) is 137 cm³/mol. The van der Waals surface area contributed by atoms with Crippen LogP contribution in [-0.4, -0.2) is 39.5 Å². The molecule has 4 aromatic carbocycles. The molecule has 4 heteroatoms. The second-order valence-electron chi connectivity index (χ2n) is 8.37. The molecular formula is C28H29N3O. The summed E-state index contributed by atoms with van der Waals surface area (Å²) >= 11 is 0. The fourth-order valence-corrected chi connectivity index (χ4v) is 3.87. The van der Waals surface area contributed by atoms with Crippen molar-refractivity contribution < 1.29 is 5.11 Å². The van der Waals surface area contributed by atoms with E-state index in [1.54, 1.807) is 6.07 Å². The molecule has 0 aliphatic carbocycles. The van der Waals surface area contributed by atoms with Crippen LogP contribution < -0.4 is 9.80 Å². The Morgan fingerprint density at radius 3 is 1.94 bits per heavy atom. The first-order chi connectivity index (χ1) is 15.4. The van der Waals surface area contributed by atoms with E-state index in [0.717, 1.165) is 38.8 Å². The molecule has 0 spiro atoms. The molecule has 4 nitrogen and oxygen atoms in total. The van der Waals surface area contributed by atoms with Crippen LogP contribution in [0.3, 0.4) is 0 Å². The number of rotatable bonds is 6. The highest BCUT2D eigenvalue weighted by molar-refractivity contribution is 5.89. The van der Waals surface area contributed by atoms with Crippen molar-refractivity contribution in [3.05, 3.63) is 102 Å². The topological polar surface area (TPSA) is 39.1 Å². The molecule has 0 bridgehead atoms. The van der Waals surface area contributed by atoms with Crippen LogP contribution in [0.25, 0.3) is 10.8 Å². The van der Waals surface area contributed by atoms with Crippen LogP contribution in [0.5, 0.6) is 5.75 Å². The van der Waals surface area contributed by atoms with Gasteiger partial charge in [0.25, 0.3) is 0 Å². The molecule has 0 aromatic heterocycles. The number of hydrogen-bond acceptors (Lipinski definition) is 4. The number of phenols is 1. The maximum atomic E-state index is 10.9. The average molecular weight is 424 g/mol. The van der Waals surface area contributed by atoms with Crippen LogP contribution in [0.2, 0.25) is 0 Å². The number of benzene rings is 4. The lowest BCUT2D eigenvalue weighted by Gasteiger charge is -2.19. The van der Waals surface area contributed by atoms with Gasteiger partial charge in [-0.15, -0.1) is 0 Å². The van der Waals surface area contributed by atoms with Gasteiger partial charge in [-0.05, 0) is 52.2 Å². The molecule has 162 valence electrons. The Hall–Kier alpha value is -3.79. The zero-order chi connectivity index (χ0) is 22.7. The quantitative estimate of drug-likeness (QED) is 0.393. The molecule has 1 atom stereocenters. The zero-order valence-electron chi connectivity index (χ0n) is 19.0. The largest absolute Gasteiger partial charge is 0.508 e. The van der Waals surface area contributed by atoms with Crippen LogP contribution in [0, 0.1) is 0 Å². The van der Waals surface area contributed by atoms with E-state index < -0.39 is 0 Å². The third-order valence-electron chi connectivity index (χ3n) is 5.73. The molecule has 1 N–H and O–H groups in total. The smallest absolute Gasteiger partial charge is 0.121 e. The zero-order valence-corrected chi connectivity index (χ0v) is 19.0. The van der Waals surface area contributed by atoms with E-state index in [1.807, 2.05) is 58.7 Å². The molecule has 0 aliphatic heterocycles. The fourth-order valence-electron chi connectivity index (χ4n) is 3.87. The van der Waals surface area contributed by atoms with Crippen molar-refractivity contribution in [2.24, 2.45) is 4.99 Å². The number of aliphatic imine (C=N–C) groups is 1. The molecule has 4 rings (SSSR count). The summed E-state index contributed by atoms with van der Waals surface area (Å²) in [7, 11) is 8.11. The van der Waals surface area contributed by atoms with Gasteiger partial charge in [0.2, 0.25) is 0 Å². The van der Waals surface area contributed by atoms with Crippen LogP contribution in [0.15, 0.2) is 89.9 Å².